The molecular formula is C38H58F17NO7. The number of amides is 1. The minimum absolute atomic E-state index is 0.146. The number of aliphatic hydroxyl groups is 4. The van der Waals surface area contributed by atoms with Gasteiger partial charge in [-0.15, -0.1) is 0 Å². The summed E-state index contributed by atoms with van der Waals surface area (Å²) >= 11 is 0. The lowest BCUT2D eigenvalue weighted by molar-refractivity contribution is -0.461. The van der Waals surface area contributed by atoms with Gasteiger partial charge in [-0.05, 0) is 19.3 Å². The van der Waals surface area contributed by atoms with Crippen molar-refractivity contribution in [2.45, 2.75) is 207 Å². The first kappa shape index (κ1) is 59.1. The Morgan fingerprint density at radius 3 is 1.40 bits per heavy atom. The minimum atomic E-state index is -8.68. The molecule has 1 aliphatic heterocycles. The summed E-state index contributed by atoms with van der Waals surface area (Å²) in [5.74, 6) is -57.2. The van der Waals surface area contributed by atoms with Gasteiger partial charge in [-0.2, -0.15) is 74.6 Å². The second kappa shape index (κ2) is 24.7. The van der Waals surface area contributed by atoms with Gasteiger partial charge in [-0.3, -0.25) is 4.79 Å². The molecule has 8 nitrogen and oxygen atoms in total. The Kier molecular flexibility index (Phi) is 23.2. The summed E-state index contributed by atoms with van der Waals surface area (Å²) in [4.78, 5) is 14.4. The van der Waals surface area contributed by atoms with Crippen molar-refractivity contribution in [2.24, 2.45) is 0 Å². The highest BCUT2D eigenvalue weighted by atomic mass is 19.4. The molecule has 1 heterocycles. The van der Waals surface area contributed by atoms with Gasteiger partial charge in [0.05, 0.1) is 13.2 Å². The smallest absolute Gasteiger partial charge is 0.394 e. The molecule has 1 saturated heterocycles. The third kappa shape index (κ3) is 14.5. The number of carbonyl (C=O) groups is 1. The van der Waals surface area contributed by atoms with E-state index in [4.69, 9.17) is 9.47 Å². The number of unbranched alkanes of at least 4 members (excludes halogenated alkanes) is 15. The molecule has 1 amide bonds. The van der Waals surface area contributed by atoms with E-state index in [1.807, 2.05) is 0 Å². The standard InChI is InChI=1S/C38H58F17NO7/c1-2-3-4-5-6-7-8-9-10-11-12-15-18-21-56(22-23-62-30-29(61)28(60)27(59)25(24-57)63-30)26(58)19-16-13-14-17-20-31(39,40)32(41,42)33(43,44)34(45,46)35(47,48)36(49,50)37(51,52)38(53,54)55/h25,27-30,57,59-61H,2-24H2,1H3/t25-,27+,28+,29-,30-/m1/s1. The molecule has 63 heavy (non-hydrogen) atoms. The number of alkyl halides is 17. The van der Waals surface area contributed by atoms with Crippen LogP contribution in [0.3, 0.4) is 0 Å². The van der Waals surface area contributed by atoms with E-state index in [1.165, 1.54) is 30.6 Å². The summed E-state index contributed by atoms with van der Waals surface area (Å²) in [5, 5.41) is 39.5. The molecule has 0 aromatic rings. The summed E-state index contributed by atoms with van der Waals surface area (Å²) in [6, 6.07) is 0. The SMILES string of the molecule is CCCCCCCCCCCCCCCN(CCO[C@@H]1O[C@H](CO)[C@H](O)[C@H](O)[C@H]1O)C(=O)CCCCCCC(F)(F)C(F)(F)C(F)(F)C(F)(F)C(F)(F)C(F)(F)C(F)(F)C(F)(F)F. The predicted octanol–water partition coefficient (Wildman–Crippen LogP) is 10.1. The molecule has 4 N–H and O–H groups in total. The van der Waals surface area contributed by atoms with Gasteiger partial charge in [0.15, 0.2) is 6.29 Å². The van der Waals surface area contributed by atoms with Gasteiger partial charge in [0.2, 0.25) is 5.91 Å². The molecule has 0 aliphatic carbocycles. The largest absolute Gasteiger partial charge is 0.460 e. The molecule has 376 valence electrons. The zero-order valence-corrected chi connectivity index (χ0v) is 34.5. The summed E-state index contributed by atoms with van der Waals surface area (Å²) in [6.07, 6.45) is -7.95. The van der Waals surface area contributed by atoms with E-state index in [1.54, 1.807) is 0 Å². The molecule has 0 unspecified atom stereocenters. The molecule has 0 spiro atoms. The number of hydrogen-bond donors (Lipinski definition) is 4. The Hall–Kier alpha value is -1.96. The molecular weight excluding hydrogens is 905 g/mol. The third-order valence-electron chi connectivity index (χ3n) is 10.8. The van der Waals surface area contributed by atoms with Crippen molar-refractivity contribution < 1.29 is 109 Å². The first-order valence-electron chi connectivity index (χ1n) is 20.8. The minimum Gasteiger partial charge on any atom is -0.394 e. The number of ether oxygens (including phenoxy) is 2. The maximum atomic E-state index is 14.3. The Balaban J connectivity index is 2.84. The van der Waals surface area contributed by atoms with Gasteiger partial charge in [0, 0.05) is 25.9 Å². The van der Waals surface area contributed by atoms with Gasteiger partial charge in [0.25, 0.3) is 0 Å². The van der Waals surface area contributed by atoms with E-state index in [2.05, 4.69) is 6.92 Å². The molecule has 5 atom stereocenters. The van der Waals surface area contributed by atoms with Crippen molar-refractivity contribution in [3.8, 4) is 0 Å². The van der Waals surface area contributed by atoms with Crippen LogP contribution >= 0.6 is 0 Å². The van der Waals surface area contributed by atoms with Crippen LogP contribution in [0.2, 0.25) is 0 Å². The highest BCUT2D eigenvalue weighted by Crippen LogP contribution is 2.64. The fourth-order valence-corrected chi connectivity index (χ4v) is 6.65. The van der Waals surface area contributed by atoms with E-state index < -0.39 is 110 Å². The summed E-state index contributed by atoms with van der Waals surface area (Å²) in [5.41, 5.74) is 0. The molecule has 1 fully saturated rings. The van der Waals surface area contributed by atoms with Gasteiger partial charge in [0.1, 0.15) is 24.4 Å². The second-order valence-corrected chi connectivity index (χ2v) is 15.8. The maximum absolute atomic E-state index is 14.3. The lowest BCUT2D eigenvalue weighted by Crippen LogP contribution is -2.74. The Bertz CT molecular complexity index is 1320. The van der Waals surface area contributed by atoms with Crippen LogP contribution in [0.1, 0.15) is 129 Å². The lowest BCUT2D eigenvalue weighted by Gasteiger charge is -2.42. The van der Waals surface area contributed by atoms with E-state index in [-0.39, 0.29) is 39.0 Å². The topological polar surface area (TPSA) is 120 Å². The predicted molar refractivity (Wildman–Crippen MR) is 190 cm³/mol. The first-order valence-corrected chi connectivity index (χ1v) is 20.8. The number of carbonyl (C=O) groups excluding carboxylic acids is 1. The van der Waals surface area contributed by atoms with Crippen molar-refractivity contribution in [1.82, 2.24) is 4.90 Å². The van der Waals surface area contributed by atoms with Crippen molar-refractivity contribution in [1.29, 1.82) is 0 Å². The average Bonchev–Trinajstić information content (AvgIpc) is 3.19. The number of halogens is 17. The van der Waals surface area contributed by atoms with Crippen molar-refractivity contribution in [3.63, 3.8) is 0 Å². The van der Waals surface area contributed by atoms with Crippen LogP contribution in [0, 0.1) is 0 Å². The van der Waals surface area contributed by atoms with E-state index in [9.17, 15) is 99.9 Å². The first-order chi connectivity index (χ1) is 28.9. The zero-order chi connectivity index (χ0) is 48.7. The van der Waals surface area contributed by atoms with Crippen LogP contribution in [0.4, 0.5) is 74.6 Å². The average molecular weight is 964 g/mol. The normalized spacial score (nSPS) is 21.3. The molecule has 0 saturated carbocycles. The Labute approximate surface area is 353 Å². The molecule has 25 heteroatoms. The van der Waals surface area contributed by atoms with Crippen LogP contribution in [-0.2, 0) is 14.3 Å². The van der Waals surface area contributed by atoms with E-state index in [0.717, 1.165) is 44.9 Å². The van der Waals surface area contributed by atoms with Crippen molar-refractivity contribution >= 4 is 5.91 Å². The van der Waals surface area contributed by atoms with Crippen LogP contribution in [-0.4, -0.2) is 136 Å². The highest BCUT2D eigenvalue weighted by molar-refractivity contribution is 5.76. The molecule has 0 radical (unpaired) electrons. The number of nitrogens with zero attached hydrogens (tertiary/aromatic N) is 1. The van der Waals surface area contributed by atoms with Gasteiger partial charge >= 0.3 is 47.6 Å². The van der Waals surface area contributed by atoms with Crippen LogP contribution < -0.4 is 0 Å². The van der Waals surface area contributed by atoms with Gasteiger partial charge in [-0.25, -0.2) is 0 Å². The Morgan fingerprint density at radius 2 is 0.937 bits per heavy atom. The van der Waals surface area contributed by atoms with E-state index in [0.29, 0.717) is 12.8 Å². The fraction of sp³-hybridized carbons (Fsp3) is 0.974. The van der Waals surface area contributed by atoms with Crippen LogP contribution in [0.5, 0.6) is 0 Å². The third-order valence-corrected chi connectivity index (χ3v) is 10.8. The quantitative estimate of drug-likeness (QED) is 0.0392. The molecule has 0 aromatic heterocycles. The summed E-state index contributed by atoms with van der Waals surface area (Å²) < 4.78 is 241. The van der Waals surface area contributed by atoms with Gasteiger partial charge in [-0.1, -0.05) is 96.8 Å². The van der Waals surface area contributed by atoms with Crippen molar-refractivity contribution in [3.05, 3.63) is 0 Å². The summed E-state index contributed by atoms with van der Waals surface area (Å²) in [6.45, 7) is 1.04. The lowest BCUT2D eigenvalue weighted by atomic mass is 9.87. The zero-order valence-electron chi connectivity index (χ0n) is 34.5. The molecule has 1 rings (SSSR count). The molecule has 1 aliphatic rings. The number of aliphatic hydroxyl groups excluding tert-OH is 4. The van der Waals surface area contributed by atoms with E-state index >= 15 is 0 Å². The summed E-state index contributed by atoms with van der Waals surface area (Å²) in [7, 11) is 0. The maximum Gasteiger partial charge on any atom is 0.460 e. The monoisotopic (exact) mass is 963 g/mol. The molecule has 0 aromatic carbocycles. The number of hydrogen-bond acceptors (Lipinski definition) is 7. The van der Waals surface area contributed by atoms with Crippen LogP contribution in [0.25, 0.3) is 0 Å². The highest BCUT2D eigenvalue weighted by Gasteiger charge is 2.95. The fourth-order valence-electron chi connectivity index (χ4n) is 6.65. The molecule has 0 bridgehead atoms. The van der Waals surface area contributed by atoms with Crippen molar-refractivity contribution in [2.75, 3.05) is 26.3 Å². The Morgan fingerprint density at radius 1 is 0.524 bits per heavy atom. The second-order valence-electron chi connectivity index (χ2n) is 15.8. The van der Waals surface area contributed by atoms with Crippen LogP contribution in [0.15, 0.2) is 0 Å². The van der Waals surface area contributed by atoms with Gasteiger partial charge < -0.3 is 34.8 Å². The number of rotatable bonds is 32.